The van der Waals surface area contributed by atoms with Crippen LogP contribution in [-0.2, 0) is 9.59 Å². The zero-order chi connectivity index (χ0) is 7.35. The number of carbonyl (C=O) groups is 2. The Morgan fingerprint density at radius 3 is 2.50 bits per heavy atom. The molecule has 0 heterocycles. The molecule has 3 heteroatoms. The molecule has 0 aromatic carbocycles. The highest BCUT2D eigenvalue weighted by Gasteiger charge is 2.64. The highest BCUT2D eigenvalue weighted by molar-refractivity contribution is 5.91. The van der Waals surface area contributed by atoms with Crippen LogP contribution in [-0.4, -0.2) is 16.9 Å². The number of rotatable bonds is 1. The summed E-state index contributed by atoms with van der Waals surface area (Å²) in [5.74, 6) is -0.707. The Labute approximate surface area is 58.0 Å². The summed E-state index contributed by atoms with van der Waals surface area (Å²) in [5, 5.41) is 8.53. The van der Waals surface area contributed by atoms with Crippen molar-refractivity contribution >= 4 is 11.8 Å². The van der Waals surface area contributed by atoms with Crippen LogP contribution in [0, 0.1) is 11.3 Å². The number of aliphatic carboxylic acids is 1. The van der Waals surface area contributed by atoms with Gasteiger partial charge in [-0.2, -0.15) is 0 Å². The van der Waals surface area contributed by atoms with Crippen molar-refractivity contribution in [2.45, 2.75) is 19.3 Å². The monoisotopic (exact) mass is 140 g/mol. The van der Waals surface area contributed by atoms with Crippen molar-refractivity contribution in [2.24, 2.45) is 11.3 Å². The number of carboxylic acid groups (broad SMARTS) is 1. The average molecular weight is 140 g/mol. The molecule has 1 N–H and O–H groups in total. The molecular formula is C7H8O3. The van der Waals surface area contributed by atoms with Crippen molar-refractivity contribution in [3.63, 3.8) is 0 Å². The summed E-state index contributed by atoms with van der Waals surface area (Å²) in [6.07, 6.45) is 1.77. The Morgan fingerprint density at radius 2 is 2.20 bits per heavy atom. The number of hydrogen-bond acceptors (Lipinski definition) is 2. The van der Waals surface area contributed by atoms with Crippen LogP contribution in [0.3, 0.4) is 0 Å². The van der Waals surface area contributed by atoms with E-state index < -0.39 is 5.97 Å². The summed E-state index contributed by atoms with van der Waals surface area (Å²) < 4.78 is 0. The highest BCUT2D eigenvalue weighted by atomic mass is 16.4. The van der Waals surface area contributed by atoms with E-state index in [0.29, 0.717) is 12.8 Å². The largest absolute Gasteiger partial charge is 0.481 e. The number of carboxylic acids is 1. The smallest absolute Gasteiger partial charge is 0.307 e. The van der Waals surface area contributed by atoms with E-state index in [2.05, 4.69) is 0 Å². The summed E-state index contributed by atoms with van der Waals surface area (Å²) in [6, 6.07) is 0. The fourth-order valence-electron chi connectivity index (χ4n) is 1.82. The van der Waals surface area contributed by atoms with Gasteiger partial charge in [-0.15, -0.1) is 0 Å². The van der Waals surface area contributed by atoms with Gasteiger partial charge in [-0.1, -0.05) is 0 Å². The molecule has 10 heavy (non-hydrogen) atoms. The van der Waals surface area contributed by atoms with E-state index in [9.17, 15) is 9.59 Å². The van der Waals surface area contributed by atoms with Crippen LogP contribution in [0.4, 0.5) is 0 Å². The summed E-state index contributed by atoms with van der Waals surface area (Å²) in [5.41, 5.74) is -0.0666. The lowest BCUT2D eigenvalue weighted by Gasteiger charge is -2.23. The van der Waals surface area contributed by atoms with Crippen molar-refractivity contribution in [2.75, 3.05) is 0 Å². The fraction of sp³-hybridized carbons (Fsp3) is 0.714. The molecule has 0 amide bonds. The lowest BCUT2D eigenvalue weighted by molar-refractivity contribution is -0.141. The van der Waals surface area contributed by atoms with Gasteiger partial charge in [0, 0.05) is 12.8 Å². The van der Waals surface area contributed by atoms with Gasteiger partial charge in [0.2, 0.25) is 0 Å². The molecule has 1 unspecified atom stereocenters. The maximum atomic E-state index is 10.5. The van der Waals surface area contributed by atoms with Crippen LogP contribution < -0.4 is 0 Å². The van der Waals surface area contributed by atoms with Gasteiger partial charge in [0.15, 0.2) is 0 Å². The summed E-state index contributed by atoms with van der Waals surface area (Å²) in [6.45, 7) is 0. The molecule has 2 saturated carbocycles. The zero-order valence-electron chi connectivity index (χ0n) is 5.46. The van der Waals surface area contributed by atoms with Crippen LogP contribution in [0.15, 0.2) is 0 Å². The summed E-state index contributed by atoms with van der Waals surface area (Å²) in [4.78, 5) is 20.9. The molecule has 0 radical (unpaired) electrons. The molecule has 2 fully saturated rings. The average Bonchev–Trinajstić information content (AvgIpc) is 2.40. The second-order valence-corrected chi connectivity index (χ2v) is 3.35. The van der Waals surface area contributed by atoms with Crippen LogP contribution in [0.1, 0.15) is 19.3 Å². The second-order valence-electron chi connectivity index (χ2n) is 3.35. The minimum atomic E-state index is -0.729. The van der Waals surface area contributed by atoms with Gasteiger partial charge >= 0.3 is 5.97 Å². The normalized spacial score (nSPS) is 33.6. The van der Waals surface area contributed by atoms with Crippen molar-refractivity contribution in [1.82, 2.24) is 0 Å². The molecule has 0 bridgehead atoms. The Bertz CT molecular complexity index is 211. The van der Waals surface area contributed by atoms with Gasteiger partial charge in [0.1, 0.15) is 5.78 Å². The molecule has 54 valence electrons. The molecule has 0 saturated heterocycles. The van der Waals surface area contributed by atoms with Crippen molar-refractivity contribution in [3.8, 4) is 0 Å². The topological polar surface area (TPSA) is 54.4 Å². The SMILES string of the molecule is O=C1CC2(C1)CC2C(=O)O. The van der Waals surface area contributed by atoms with E-state index in [1.807, 2.05) is 0 Å². The maximum Gasteiger partial charge on any atom is 0.307 e. The lowest BCUT2D eigenvalue weighted by atomic mass is 9.78. The summed E-state index contributed by atoms with van der Waals surface area (Å²) in [7, 11) is 0. The molecule has 1 atom stereocenters. The van der Waals surface area contributed by atoms with E-state index >= 15 is 0 Å². The van der Waals surface area contributed by atoms with Crippen LogP contribution in [0.5, 0.6) is 0 Å². The molecule has 2 rings (SSSR count). The number of Topliss-reactive ketones (excluding diaryl/α,β-unsaturated/α-hetero) is 1. The zero-order valence-corrected chi connectivity index (χ0v) is 5.46. The van der Waals surface area contributed by atoms with Gasteiger partial charge in [0.05, 0.1) is 5.92 Å². The first-order valence-electron chi connectivity index (χ1n) is 3.39. The second kappa shape index (κ2) is 1.41. The minimum Gasteiger partial charge on any atom is -0.481 e. The minimum absolute atomic E-state index is 0.0666. The van der Waals surface area contributed by atoms with Gasteiger partial charge < -0.3 is 5.11 Å². The molecular weight excluding hydrogens is 132 g/mol. The molecule has 2 aliphatic rings. The third-order valence-electron chi connectivity index (χ3n) is 2.59. The first-order valence-corrected chi connectivity index (χ1v) is 3.39. The highest BCUT2D eigenvalue weighted by Crippen LogP contribution is 2.63. The van der Waals surface area contributed by atoms with E-state index in [1.165, 1.54) is 0 Å². The third kappa shape index (κ3) is 0.549. The molecule has 3 nitrogen and oxygen atoms in total. The van der Waals surface area contributed by atoms with Crippen LogP contribution >= 0.6 is 0 Å². The first kappa shape index (κ1) is 5.89. The van der Waals surface area contributed by atoms with Crippen LogP contribution in [0.2, 0.25) is 0 Å². The molecule has 1 spiro atoms. The quantitative estimate of drug-likeness (QED) is 0.575. The molecule has 2 aliphatic carbocycles. The number of ketones is 1. The standard InChI is InChI=1S/C7H8O3/c8-4-1-7(2-4)3-5(7)6(9)10/h5H,1-3H2,(H,9,10). The van der Waals surface area contributed by atoms with E-state index in [0.717, 1.165) is 6.42 Å². The Kier molecular flexibility index (Phi) is 0.832. The first-order chi connectivity index (χ1) is 4.64. The van der Waals surface area contributed by atoms with Crippen LogP contribution in [0.25, 0.3) is 0 Å². The van der Waals surface area contributed by atoms with E-state index in [4.69, 9.17) is 5.11 Å². The Hall–Kier alpha value is -0.860. The molecule has 0 aromatic heterocycles. The molecule has 0 aromatic rings. The van der Waals surface area contributed by atoms with Gasteiger partial charge in [-0.05, 0) is 11.8 Å². The van der Waals surface area contributed by atoms with E-state index in [-0.39, 0.29) is 17.1 Å². The lowest BCUT2D eigenvalue weighted by Crippen LogP contribution is -2.28. The Balaban J connectivity index is 2.01. The van der Waals surface area contributed by atoms with Crippen molar-refractivity contribution < 1.29 is 14.7 Å². The van der Waals surface area contributed by atoms with E-state index in [1.54, 1.807) is 0 Å². The third-order valence-corrected chi connectivity index (χ3v) is 2.59. The Morgan fingerprint density at radius 1 is 1.60 bits per heavy atom. The fourth-order valence-corrected chi connectivity index (χ4v) is 1.82. The van der Waals surface area contributed by atoms with Gasteiger partial charge in [-0.3, -0.25) is 9.59 Å². The van der Waals surface area contributed by atoms with Crippen molar-refractivity contribution in [3.05, 3.63) is 0 Å². The molecule has 0 aliphatic heterocycles. The summed E-state index contributed by atoms with van der Waals surface area (Å²) >= 11 is 0. The predicted octanol–water partition coefficient (Wildman–Crippen LogP) is 0.440. The van der Waals surface area contributed by atoms with Crippen molar-refractivity contribution in [1.29, 1.82) is 0 Å². The van der Waals surface area contributed by atoms with Gasteiger partial charge in [0.25, 0.3) is 0 Å². The maximum absolute atomic E-state index is 10.5. The number of hydrogen-bond donors (Lipinski definition) is 1. The number of carbonyl (C=O) groups excluding carboxylic acids is 1. The van der Waals surface area contributed by atoms with Gasteiger partial charge in [-0.25, -0.2) is 0 Å². The predicted molar refractivity (Wildman–Crippen MR) is 32.4 cm³/mol.